The maximum Gasteiger partial charge on any atom is 0.472 e. The second-order valence-electron chi connectivity index (χ2n) is 15.4. The number of quaternary nitrogens is 1. The van der Waals surface area contributed by atoms with Crippen LogP contribution in [0.5, 0.6) is 0 Å². The van der Waals surface area contributed by atoms with Crippen molar-refractivity contribution >= 4 is 13.8 Å². The van der Waals surface area contributed by atoms with E-state index >= 15 is 0 Å². The molecule has 2 atom stereocenters. The molecule has 0 aliphatic carbocycles. The van der Waals surface area contributed by atoms with Crippen molar-refractivity contribution in [3.05, 3.63) is 0 Å². The lowest BCUT2D eigenvalue weighted by atomic mass is 10.0. The fourth-order valence-corrected chi connectivity index (χ4v) is 6.65. The first-order valence-electron chi connectivity index (χ1n) is 20.8. The molecule has 0 aliphatic rings. The second-order valence-corrected chi connectivity index (χ2v) is 16.8. The van der Waals surface area contributed by atoms with Gasteiger partial charge in [-0.2, -0.15) is 0 Å². The van der Waals surface area contributed by atoms with Gasteiger partial charge < -0.3 is 18.9 Å². The van der Waals surface area contributed by atoms with Gasteiger partial charge in [-0.1, -0.05) is 174 Å². The van der Waals surface area contributed by atoms with Gasteiger partial charge in [0.1, 0.15) is 19.3 Å². The van der Waals surface area contributed by atoms with E-state index in [0.717, 1.165) is 32.1 Å². The highest BCUT2D eigenvalue weighted by Gasteiger charge is 2.26. The minimum Gasteiger partial charge on any atom is -0.457 e. The number of hydrogen-bond donors (Lipinski definition) is 1. The summed E-state index contributed by atoms with van der Waals surface area (Å²) in [5.74, 6) is -0.310. The molecule has 2 unspecified atom stereocenters. The summed E-state index contributed by atoms with van der Waals surface area (Å²) < 4.78 is 34.8. The fraction of sp³-hybridized carbons (Fsp3) is 0.975. The van der Waals surface area contributed by atoms with Crippen LogP contribution in [0.4, 0.5) is 0 Å². The molecule has 1 N–H and O–H groups in total. The molecular weight excluding hydrogens is 637 g/mol. The lowest BCUT2D eigenvalue weighted by molar-refractivity contribution is -0.870. The van der Waals surface area contributed by atoms with Gasteiger partial charge in [0, 0.05) is 13.0 Å². The summed E-state index contributed by atoms with van der Waals surface area (Å²) in [6.45, 7) is 5.64. The highest BCUT2D eigenvalue weighted by atomic mass is 31.2. The molecule has 0 fully saturated rings. The number of carbonyl (C=O) groups is 1. The molecule has 0 saturated carbocycles. The van der Waals surface area contributed by atoms with Crippen LogP contribution in [0.25, 0.3) is 0 Å². The van der Waals surface area contributed by atoms with E-state index in [1.807, 2.05) is 21.1 Å². The minimum atomic E-state index is -4.26. The predicted octanol–water partition coefficient (Wildman–Crippen LogP) is 11.7. The first-order valence-corrected chi connectivity index (χ1v) is 22.3. The molecule has 8 nitrogen and oxygen atoms in total. The number of nitrogens with zero attached hydrogens (tertiary/aromatic N) is 1. The van der Waals surface area contributed by atoms with Crippen LogP contribution in [0, 0.1) is 0 Å². The van der Waals surface area contributed by atoms with E-state index in [1.165, 1.54) is 141 Å². The normalized spacial score (nSPS) is 13.8. The molecule has 0 rings (SSSR count). The van der Waals surface area contributed by atoms with Crippen LogP contribution in [0.2, 0.25) is 0 Å². The molecule has 0 aromatic carbocycles. The third kappa shape index (κ3) is 38.6. The van der Waals surface area contributed by atoms with Crippen LogP contribution in [0.15, 0.2) is 0 Å². The van der Waals surface area contributed by atoms with Gasteiger partial charge in [-0.25, -0.2) is 4.57 Å². The van der Waals surface area contributed by atoms with Crippen molar-refractivity contribution in [3.63, 3.8) is 0 Å². The summed E-state index contributed by atoms with van der Waals surface area (Å²) in [6, 6.07) is 0. The first kappa shape index (κ1) is 48.5. The lowest BCUT2D eigenvalue weighted by Gasteiger charge is -2.24. The van der Waals surface area contributed by atoms with Crippen molar-refractivity contribution < 1.29 is 37.3 Å². The summed E-state index contributed by atoms with van der Waals surface area (Å²) in [7, 11) is 1.68. The number of hydrogen-bond acceptors (Lipinski definition) is 6. The van der Waals surface area contributed by atoms with Gasteiger partial charge in [0.15, 0.2) is 0 Å². The molecule has 0 aromatic rings. The number of phosphoric ester groups is 1. The Morgan fingerprint density at radius 1 is 0.551 bits per heavy atom. The highest BCUT2D eigenvalue weighted by molar-refractivity contribution is 7.47. The number of phosphoric acid groups is 1. The molecule has 0 amide bonds. The molecule has 0 aromatic heterocycles. The Kier molecular flexibility index (Phi) is 34.2. The summed E-state index contributed by atoms with van der Waals surface area (Å²) in [5, 5.41) is 0. The molecule has 0 bridgehead atoms. The number of likely N-dealkylation sites (N-methyl/N-ethyl adjacent to an activating group) is 1. The number of rotatable bonds is 39. The second kappa shape index (κ2) is 34.6. The molecular formula is C40H83NO7P+. The Labute approximate surface area is 304 Å². The highest BCUT2D eigenvalue weighted by Crippen LogP contribution is 2.43. The smallest absolute Gasteiger partial charge is 0.457 e. The van der Waals surface area contributed by atoms with Crippen molar-refractivity contribution in [2.75, 3.05) is 54.1 Å². The fourth-order valence-electron chi connectivity index (χ4n) is 5.91. The quantitative estimate of drug-likeness (QED) is 0.0292. The topological polar surface area (TPSA) is 91.3 Å². The monoisotopic (exact) mass is 721 g/mol. The Morgan fingerprint density at radius 3 is 1.35 bits per heavy atom. The van der Waals surface area contributed by atoms with Crippen LogP contribution in [-0.4, -0.2) is 75.6 Å². The van der Waals surface area contributed by atoms with Crippen molar-refractivity contribution in [2.45, 2.75) is 200 Å². The van der Waals surface area contributed by atoms with Gasteiger partial charge in [-0.15, -0.1) is 0 Å². The predicted molar refractivity (Wildman–Crippen MR) is 206 cm³/mol. The molecule has 49 heavy (non-hydrogen) atoms. The summed E-state index contributed by atoms with van der Waals surface area (Å²) in [5.41, 5.74) is 0. The van der Waals surface area contributed by atoms with E-state index in [1.54, 1.807) is 0 Å². The van der Waals surface area contributed by atoms with Gasteiger partial charge in [0.2, 0.25) is 0 Å². The van der Waals surface area contributed by atoms with Crippen molar-refractivity contribution in [3.8, 4) is 0 Å². The molecule has 0 spiro atoms. The van der Waals surface area contributed by atoms with Gasteiger partial charge in [0.25, 0.3) is 0 Å². The zero-order valence-corrected chi connectivity index (χ0v) is 34.1. The standard InChI is InChI=1S/C40H82NO7P/c1-6-8-10-12-14-16-17-18-19-20-21-22-23-24-25-26-27-29-31-33-40(42)48-39(37-45-35-32-30-28-15-13-11-9-7-2)38-47-49(43,44)46-36-34-41(3,4)5/h39H,6-38H2,1-5H3/p+1. The van der Waals surface area contributed by atoms with E-state index in [4.69, 9.17) is 18.5 Å². The van der Waals surface area contributed by atoms with E-state index < -0.39 is 13.9 Å². The third-order valence-electron chi connectivity index (χ3n) is 9.17. The SMILES string of the molecule is CCCCCCCCCCCCCCCCCCCCCC(=O)OC(COCCCCCCCCCC)COP(=O)(O)OCC[N+](C)(C)C. The van der Waals surface area contributed by atoms with Gasteiger partial charge in [-0.05, 0) is 12.8 Å². The Balaban J connectivity index is 4.10. The van der Waals surface area contributed by atoms with Crippen LogP contribution in [0.3, 0.4) is 0 Å². The van der Waals surface area contributed by atoms with E-state index in [9.17, 15) is 14.3 Å². The average Bonchev–Trinajstić information content (AvgIpc) is 3.04. The molecule has 0 radical (unpaired) electrons. The summed E-state index contributed by atoms with van der Waals surface area (Å²) in [6.07, 6.45) is 34.2. The van der Waals surface area contributed by atoms with Gasteiger partial charge in [0.05, 0.1) is 34.4 Å². The number of esters is 1. The van der Waals surface area contributed by atoms with Crippen LogP contribution < -0.4 is 0 Å². The maximum absolute atomic E-state index is 12.6. The molecule has 0 saturated heterocycles. The number of unbranched alkanes of at least 4 members (excludes halogenated alkanes) is 25. The maximum atomic E-state index is 12.6. The Bertz CT molecular complexity index is 761. The number of carbonyl (C=O) groups excluding carboxylic acids is 1. The molecule has 0 heterocycles. The third-order valence-corrected chi connectivity index (χ3v) is 10.2. The van der Waals surface area contributed by atoms with Crippen molar-refractivity contribution in [2.24, 2.45) is 0 Å². The first-order chi connectivity index (χ1) is 23.6. The Morgan fingerprint density at radius 2 is 0.939 bits per heavy atom. The van der Waals surface area contributed by atoms with Crippen LogP contribution in [0.1, 0.15) is 194 Å². The van der Waals surface area contributed by atoms with Crippen LogP contribution in [-0.2, 0) is 27.9 Å². The summed E-state index contributed by atoms with van der Waals surface area (Å²) in [4.78, 5) is 22.8. The largest absolute Gasteiger partial charge is 0.472 e. The molecule has 9 heteroatoms. The lowest BCUT2D eigenvalue weighted by Crippen LogP contribution is -2.37. The van der Waals surface area contributed by atoms with Gasteiger partial charge in [-0.3, -0.25) is 13.8 Å². The summed E-state index contributed by atoms with van der Waals surface area (Å²) >= 11 is 0. The van der Waals surface area contributed by atoms with E-state index in [0.29, 0.717) is 24.1 Å². The number of ether oxygens (including phenoxy) is 2. The van der Waals surface area contributed by atoms with Crippen molar-refractivity contribution in [1.82, 2.24) is 0 Å². The van der Waals surface area contributed by atoms with Crippen LogP contribution >= 0.6 is 7.82 Å². The van der Waals surface area contributed by atoms with E-state index in [-0.39, 0.29) is 25.8 Å². The van der Waals surface area contributed by atoms with E-state index in [2.05, 4.69) is 13.8 Å². The Hall–Kier alpha value is -0.500. The molecule has 0 aliphatic heterocycles. The molecule has 294 valence electrons. The average molecular weight is 721 g/mol. The van der Waals surface area contributed by atoms with Crippen molar-refractivity contribution in [1.29, 1.82) is 0 Å². The van der Waals surface area contributed by atoms with Gasteiger partial charge >= 0.3 is 13.8 Å². The zero-order chi connectivity index (χ0) is 36.3. The minimum absolute atomic E-state index is 0.0933. The zero-order valence-electron chi connectivity index (χ0n) is 33.2.